The number of hydrogen-bond acceptors (Lipinski definition) is 2. The summed E-state index contributed by atoms with van der Waals surface area (Å²) in [7, 11) is 0. The Morgan fingerprint density at radius 2 is 2.00 bits per heavy atom. The van der Waals surface area contributed by atoms with Crippen LogP contribution in [0.5, 0.6) is 5.75 Å². The fraction of sp³-hybridized carbons (Fsp3) is 0.188. The molecule has 0 radical (unpaired) electrons. The number of carbonyl (C=O) groups is 1. The molecule has 110 valence electrons. The maximum atomic E-state index is 13.7. The number of carbonyl (C=O) groups excluding carboxylic acids is 1. The normalized spacial score (nSPS) is 11.8. The highest BCUT2D eigenvalue weighted by Crippen LogP contribution is 2.25. The third-order valence-corrected chi connectivity index (χ3v) is 3.55. The number of rotatable bonds is 4. The van der Waals surface area contributed by atoms with Crippen LogP contribution in [0.25, 0.3) is 0 Å². The molecule has 1 amide bonds. The summed E-state index contributed by atoms with van der Waals surface area (Å²) in [5.74, 6) is -0.311. The zero-order valence-electron chi connectivity index (χ0n) is 11.7. The van der Waals surface area contributed by atoms with Crippen LogP contribution in [0.4, 0.5) is 10.1 Å². The van der Waals surface area contributed by atoms with Gasteiger partial charge in [-0.15, -0.1) is 0 Å². The number of amides is 1. The number of ether oxygens (including phenoxy) is 1. The first-order chi connectivity index (χ1) is 9.97. The Kier molecular flexibility index (Phi) is 4.96. The molecule has 0 bridgehead atoms. The van der Waals surface area contributed by atoms with Gasteiger partial charge < -0.3 is 10.1 Å². The van der Waals surface area contributed by atoms with Crippen molar-refractivity contribution in [3.8, 4) is 5.75 Å². The van der Waals surface area contributed by atoms with Gasteiger partial charge in [0.2, 0.25) is 0 Å². The number of anilines is 1. The molecule has 0 fully saturated rings. The molecule has 0 heterocycles. The first kappa shape index (κ1) is 15.5. The second-order valence-electron chi connectivity index (χ2n) is 4.66. The first-order valence-corrected chi connectivity index (χ1v) is 7.25. The fourth-order valence-electron chi connectivity index (χ4n) is 1.74. The molecule has 1 N–H and O–H groups in total. The minimum atomic E-state index is -0.746. The third kappa shape index (κ3) is 4.04. The van der Waals surface area contributed by atoms with Crippen molar-refractivity contribution in [1.82, 2.24) is 0 Å². The van der Waals surface area contributed by atoms with E-state index in [1.807, 2.05) is 18.2 Å². The molecule has 0 aromatic heterocycles. The molecule has 0 aliphatic heterocycles. The van der Waals surface area contributed by atoms with Gasteiger partial charge in [0.15, 0.2) is 6.10 Å². The van der Waals surface area contributed by atoms with Gasteiger partial charge in [0, 0.05) is 0 Å². The van der Waals surface area contributed by atoms with E-state index in [9.17, 15) is 9.18 Å². The van der Waals surface area contributed by atoms with Crippen LogP contribution in [0.2, 0.25) is 0 Å². The van der Waals surface area contributed by atoms with Crippen LogP contribution in [0.1, 0.15) is 12.5 Å². The summed E-state index contributed by atoms with van der Waals surface area (Å²) in [5, 5.41) is 2.52. The number of benzene rings is 2. The van der Waals surface area contributed by atoms with Gasteiger partial charge in [-0.1, -0.05) is 18.2 Å². The largest absolute Gasteiger partial charge is 0.480 e. The van der Waals surface area contributed by atoms with Crippen LogP contribution in [0.15, 0.2) is 46.9 Å². The van der Waals surface area contributed by atoms with Crippen molar-refractivity contribution >= 4 is 27.5 Å². The van der Waals surface area contributed by atoms with Gasteiger partial charge in [-0.05, 0) is 59.6 Å². The quantitative estimate of drug-likeness (QED) is 0.891. The molecule has 21 heavy (non-hydrogen) atoms. The van der Waals surface area contributed by atoms with E-state index >= 15 is 0 Å². The van der Waals surface area contributed by atoms with Crippen molar-refractivity contribution in [3.63, 3.8) is 0 Å². The lowest BCUT2D eigenvalue weighted by Gasteiger charge is -2.16. The standard InChI is InChI=1S/C16H15BrFNO2/c1-10-7-8-14(13(18)9-10)19-16(20)11(2)21-15-6-4-3-5-12(15)17/h3-9,11H,1-2H3,(H,19,20). The SMILES string of the molecule is Cc1ccc(NC(=O)C(C)Oc2ccccc2Br)c(F)c1. The molecule has 0 saturated carbocycles. The minimum Gasteiger partial charge on any atom is -0.480 e. The number of aryl methyl sites for hydroxylation is 1. The molecule has 1 atom stereocenters. The van der Waals surface area contributed by atoms with Crippen LogP contribution in [-0.2, 0) is 4.79 Å². The summed E-state index contributed by atoms with van der Waals surface area (Å²) in [4.78, 5) is 12.0. The van der Waals surface area contributed by atoms with Crippen molar-refractivity contribution in [3.05, 3.63) is 58.3 Å². The second-order valence-corrected chi connectivity index (χ2v) is 5.52. The smallest absolute Gasteiger partial charge is 0.265 e. The average molecular weight is 352 g/mol. The molecule has 0 saturated heterocycles. The molecule has 0 aliphatic carbocycles. The molecule has 5 heteroatoms. The van der Waals surface area contributed by atoms with Crippen LogP contribution in [0.3, 0.4) is 0 Å². The van der Waals surface area contributed by atoms with Crippen molar-refractivity contribution < 1.29 is 13.9 Å². The van der Waals surface area contributed by atoms with Gasteiger partial charge in [-0.25, -0.2) is 4.39 Å². The third-order valence-electron chi connectivity index (χ3n) is 2.89. The Labute approximate surface area is 131 Å². The lowest BCUT2D eigenvalue weighted by molar-refractivity contribution is -0.122. The molecular weight excluding hydrogens is 337 g/mol. The molecule has 3 nitrogen and oxygen atoms in total. The highest BCUT2D eigenvalue weighted by atomic mass is 79.9. The maximum Gasteiger partial charge on any atom is 0.265 e. The van der Waals surface area contributed by atoms with E-state index in [1.165, 1.54) is 12.1 Å². The lowest BCUT2D eigenvalue weighted by atomic mass is 10.2. The summed E-state index contributed by atoms with van der Waals surface area (Å²) in [6, 6.07) is 11.9. The number of para-hydroxylation sites is 1. The van der Waals surface area contributed by atoms with Crippen LogP contribution in [-0.4, -0.2) is 12.0 Å². The Hall–Kier alpha value is -1.88. The van der Waals surface area contributed by atoms with Crippen molar-refractivity contribution in [2.45, 2.75) is 20.0 Å². The highest BCUT2D eigenvalue weighted by Gasteiger charge is 2.17. The lowest BCUT2D eigenvalue weighted by Crippen LogP contribution is -2.30. The van der Waals surface area contributed by atoms with Crippen LogP contribution in [0, 0.1) is 12.7 Å². The predicted molar refractivity (Wildman–Crippen MR) is 84.0 cm³/mol. The van der Waals surface area contributed by atoms with Crippen molar-refractivity contribution in [2.24, 2.45) is 0 Å². The van der Waals surface area contributed by atoms with Gasteiger partial charge in [0.1, 0.15) is 11.6 Å². The molecule has 0 aliphatic rings. The molecule has 2 aromatic rings. The molecule has 2 rings (SSSR count). The maximum absolute atomic E-state index is 13.7. The van der Waals surface area contributed by atoms with Crippen LogP contribution < -0.4 is 10.1 Å². The molecule has 2 aromatic carbocycles. The summed E-state index contributed by atoms with van der Waals surface area (Å²) in [6.07, 6.45) is -0.746. The van der Waals surface area contributed by atoms with E-state index in [-0.39, 0.29) is 5.69 Å². The van der Waals surface area contributed by atoms with E-state index in [0.717, 1.165) is 10.0 Å². The number of nitrogens with one attached hydrogen (secondary N) is 1. The molecule has 1 unspecified atom stereocenters. The van der Waals surface area contributed by atoms with E-state index in [4.69, 9.17) is 4.74 Å². The van der Waals surface area contributed by atoms with E-state index in [0.29, 0.717) is 5.75 Å². The predicted octanol–water partition coefficient (Wildman–Crippen LogP) is 4.30. The van der Waals surface area contributed by atoms with Crippen molar-refractivity contribution in [2.75, 3.05) is 5.32 Å². The Morgan fingerprint density at radius 3 is 2.67 bits per heavy atom. The monoisotopic (exact) mass is 351 g/mol. The number of hydrogen-bond donors (Lipinski definition) is 1. The van der Waals surface area contributed by atoms with Gasteiger partial charge in [-0.2, -0.15) is 0 Å². The zero-order chi connectivity index (χ0) is 15.4. The second kappa shape index (κ2) is 6.72. The molecular formula is C16H15BrFNO2. The topological polar surface area (TPSA) is 38.3 Å². The highest BCUT2D eigenvalue weighted by molar-refractivity contribution is 9.10. The fourth-order valence-corrected chi connectivity index (χ4v) is 2.12. The summed E-state index contributed by atoms with van der Waals surface area (Å²) in [6.45, 7) is 3.40. The number of halogens is 2. The van der Waals surface area contributed by atoms with E-state index in [2.05, 4.69) is 21.2 Å². The molecule has 0 spiro atoms. The van der Waals surface area contributed by atoms with Gasteiger partial charge in [0.25, 0.3) is 5.91 Å². The summed E-state index contributed by atoms with van der Waals surface area (Å²) >= 11 is 3.34. The van der Waals surface area contributed by atoms with Gasteiger partial charge in [0.05, 0.1) is 10.2 Å². The Balaban J connectivity index is 2.04. The van der Waals surface area contributed by atoms with Gasteiger partial charge >= 0.3 is 0 Å². The average Bonchev–Trinajstić information content (AvgIpc) is 2.44. The van der Waals surface area contributed by atoms with E-state index in [1.54, 1.807) is 26.0 Å². The van der Waals surface area contributed by atoms with Crippen LogP contribution >= 0.6 is 15.9 Å². The first-order valence-electron chi connectivity index (χ1n) is 6.45. The summed E-state index contributed by atoms with van der Waals surface area (Å²) < 4.78 is 20.0. The summed E-state index contributed by atoms with van der Waals surface area (Å²) in [5.41, 5.74) is 0.941. The van der Waals surface area contributed by atoms with Crippen molar-refractivity contribution in [1.29, 1.82) is 0 Å². The minimum absolute atomic E-state index is 0.146. The Bertz CT molecular complexity index is 660. The van der Waals surface area contributed by atoms with E-state index < -0.39 is 17.8 Å². The zero-order valence-corrected chi connectivity index (χ0v) is 13.3. The van der Waals surface area contributed by atoms with Gasteiger partial charge in [-0.3, -0.25) is 4.79 Å². The Morgan fingerprint density at radius 1 is 1.29 bits per heavy atom.